The number of amides is 1. The Kier molecular flexibility index (Phi) is 3.83. The molecule has 2 N–H and O–H groups in total. The number of hydrogen-bond donors (Lipinski definition) is 2. The number of rotatable bonds is 5. The number of carbonyl (C=O) groups is 1. The Hall–Kier alpha value is -3.69. The van der Waals surface area contributed by atoms with Gasteiger partial charge in [0.15, 0.2) is 11.5 Å². The minimum Gasteiger partial charge on any atom is -0.345 e. The molecule has 10 heteroatoms. The Morgan fingerprint density at radius 3 is 2.92 bits per heavy atom. The molecule has 124 valence electrons. The first-order chi connectivity index (χ1) is 12.3. The van der Waals surface area contributed by atoms with Crippen molar-refractivity contribution in [1.82, 2.24) is 45.5 Å². The summed E-state index contributed by atoms with van der Waals surface area (Å²) in [5.74, 6) is 0.308. The van der Waals surface area contributed by atoms with Crippen molar-refractivity contribution >= 4 is 16.8 Å². The maximum atomic E-state index is 12.3. The third kappa shape index (κ3) is 3.17. The van der Waals surface area contributed by atoms with Crippen molar-refractivity contribution in [3.8, 4) is 0 Å². The number of fused-ring (bicyclic) bond motifs is 1. The van der Waals surface area contributed by atoms with Gasteiger partial charge in [-0.25, -0.2) is 19.6 Å². The summed E-state index contributed by atoms with van der Waals surface area (Å²) in [5, 5.41) is 18.5. The van der Waals surface area contributed by atoms with Crippen LogP contribution in [-0.2, 0) is 13.1 Å². The van der Waals surface area contributed by atoms with Crippen LogP contribution in [0.3, 0.4) is 0 Å². The predicted molar refractivity (Wildman–Crippen MR) is 86.2 cm³/mol. The molecule has 3 aromatic heterocycles. The van der Waals surface area contributed by atoms with E-state index in [1.165, 1.54) is 12.7 Å². The monoisotopic (exact) mass is 335 g/mol. The van der Waals surface area contributed by atoms with Crippen molar-refractivity contribution in [3.05, 3.63) is 60.3 Å². The molecule has 3 heterocycles. The first-order valence-electron chi connectivity index (χ1n) is 7.51. The summed E-state index contributed by atoms with van der Waals surface area (Å²) in [6.45, 7) is 0.630. The molecular formula is C15H13N9O. The normalized spacial score (nSPS) is 10.9. The molecule has 10 nitrogen and oxygen atoms in total. The first kappa shape index (κ1) is 14.9. The van der Waals surface area contributed by atoms with E-state index < -0.39 is 0 Å². The van der Waals surface area contributed by atoms with Crippen molar-refractivity contribution in [3.63, 3.8) is 0 Å². The van der Waals surface area contributed by atoms with Crippen LogP contribution in [0.5, 0.6) is 0 Å². The lowest BCUT2D eigenvalue weighted by molar-refractivity contribution is 0.0947. The topological polar surface area (TPSA) is 127 Å². The summed E-state index contributed by atoms with van der Waals surface area (Å²) in [4.78, 5) is 24.1. The Morgan fingerprint density at radius 2 is 2.04 bits per heavy atom. The van der Waals surface area contributed by atoms with Crippen LogP contribution in [0.2, 0.25) is 0 Å². The molecule has 0 aliphatic rings. The van der Waals surface area contributed by atoms with E-state index in [0.717, 1.165) is 10.9 Å². The van der Waals surface area contributed by atoms with Crippen molar-refractivity contribution in [2.24, 2.45) is 0 Å². The molecule has 0 bridgehead atoms. The van der Waals surface area contributed by atoms with Crippen LogP contribution in [0.4, 0.5) is 0 Å². The van der Waals surface area contributed by atoms with Gasteiger partial charge in [0.1, 0.15) is 24.9 Å². The first-order valence-corrected chi connectivity index (χ1v) is 7.51. The minimum absolute atomic E-state index is 0.247. The Bertz CT molecular complexity index is 1010. The fourth-order valence-electron chi connectivity index (χ4n) is 2.38. The number of nitrogens with zero attached hydrogens (tertiary/aromatic N) is 7. The van der Waals surface area contributed by atoms with E-state index in [0.29, 0.717) is 23.8 Å². The van der Waals surface area contributed by atoms with Crippen LogP contribution in [0, 0.1) is 0 Å². The fourth-order valence-corrected chi connectivity index (χ4v) is 2.38. The second kappa shape index (κ2) is 6.43. The van der Waals surface area contributed by atoms with Gasteiger partial charge in [-0.05, 0) is 6.07 Å². The summed E-state index contributed by atoms with van der Waals surface area (Å²) in [5.41, 5.74) is 1.80. The number of hydrogen-bond acceptors (Lipinski definition) is 7. The molecule has 0 fully saturated rings. The maximum absolute atomic E-state index is 12.3. The molecule has 0 aliphatic carbocycles. The van der Waals surface area contributed by atoms with E-state index in [2.05, 4.69) is 40.8 Å². The van der Waals surface area contributed by atoms with Crippen LogP contribution in [0.15, 0.2) is 43.1 Å². The molecule has 0 saturated carbocycles. The molecule has 0 atom stereocenters. The van der Waals surface area contributed by atoms with Gasteiger partial charge in [0.05, 0.1) is 18.3 Å². The molecular weight excluding hydrogens is 322 g/mol. The van der Waals surface area contributed by atoms with E-state index in [9.17, 15) is 4.79 Å². The third-order valence-electron chi connectivity index (χ3n) is 3.55. The number of H-pyrrole nitrogens is 1. The molecule has 1 amide bonds. The smallest absolute Gasteiger partial charge is 0.272 e. The highest BCUT2D eigenvalue weighted by Crippen LogP contribution is 2.14. The number of nitrogens with one attached hydrogen (secondary N) is 2. The average molecular weight is 335 g/mol. The second-order valence-corrected chi connectivity index (χ2v) is 5.26. The van der Waals surface area contributed by atoms with Gasteiger partial charge in [-0.15, -0.1) is 5.10 Å². The molecule has 0 aliphatic heterocycles. The number of aromatic nitrogens is 8. The molecule has 0 unspecified atom stereocenters. The van der Waals surface area contributed by atoms with Crippen LogP contribution >= 0.6 is 0 Å². The van der Waals surface area contributed by atoms with Gasteiger partial charge in [-0.2, -0.15) is 5.10 Å². The highest BCUT2D eigenvalue weighted by molar-refractivity contribution is 6.04. The van der Waals surface area contributed by atoms with Crippen molar-refractivity contribution in [1.29, 1.82) is 0 Å². The van der Waals surface area contributed by atoms with Gasteiger partial charge in [0, 0.05) is 5.39 Å². The Morgan fingerprint density at radius 1 is 1.20 bits per heavy atom. The number of carbonyl (C=O) groups excluding carboxylic acids is 1. The summed E-state index contributed by atoms with van der Waals surface area (Å²) < 4.78 is 1.60. The van der Waals surface area contributed by atoms with Crippen LogP contribution in [0.25, 0.3) is 10.9 Å². The highest BCUT2D eigenvalue weighted by Gasteiger charge is 2.14. The van der Waals surface area contributed by atoms with Crippen LogP contribution < -0.4 is 5.32 Å². The van der Waals surface area contributed by atoms with Crippen molar-refractivity contribution < 1.29 is 4.79 Å². The minimum atomic E-state index is -0.274. The van der Waals surface area contributed by atoms with Crippen LogP contribution in [-0.4, -0.2) is 46.1 Å². The predicted octanol–water partition coefficient (Wildman–Crippen LogP) is 0.318. The lowest BCUT2D eigenvalue weighted by Gasteiger charge is -2.00. The van der Waals surface area contributed by atoms with Gasteiger partial charge in [0.25, 0.3) is 5.91 Å². The molecule has 25 heavy (non-hydrogen) atoms. The Labute approximate surface area is 141 Å². The zero-order valence-electron chi connectivity index (χ0n) is 13.0. The zero-order chi connectivity index (χ0) is 17.1. The molecule has 4 rings (SSSR count). The van der Waals surface area contributed by atoms with Gasteiger partial charge in [-0.3, -0.25) is 9.89 Å². The number of para-hydroxylation sites is 1. The standard InChI is InChI=1S/C15H13N9O/c25-15(14-11-3-1-2-4-12(11)21-22-14)17-5-10-6-24(23-20-10)7-13-18-8-16-9-19-13/h1-4,6,8-9H,5,7H2,(H,17,25)(H,21,22). The van der Waals surface area contributed by atoms with E-state index in [-0.39, 0.29) is 12.5 Å². The van der Waals surface area contributed by atoms with Crippen LogP contribution in [0.1, 0.15) is 22.0 Å². The van der Waals surface area contributed by atoms with E-state index in [1.807, 2.05) is 24.3 Å². The van der Waals surface area contributed by atoms with Crippen molar-refractivity contribution in [2.45, 2.75) is 13.1 Å². The summed E-state index contributed by atoms with van der Waals surface area (Å²) in [6, 6.07) is 7.46. The summed E-state index contributed by atoms with van der Waals surface area (Å²) in [7, 11) is 0. The zero-order valence-corrected chi connectivity index (χ0v) is 13.0. The summed E-state index contributed by atoms with van der Waals surface area (Å²) >= 11 is 0. The van der Waals surface area contributed by atoms with Gasteiger partial charge < -0.3 is 5.32 Å². The molecule has 1 aromatic carbocycles. The fraction of sp³-hybridized carbons (Fsp3) is 0.133. The molecule has 0 spiro atoms. The summed E-state index contributed by atoms with van der Waals surface area (Å²) in [6.07, 6.45) is 4.58. The lowest BCUT2D eigenvalue weighted by Crippen LogP contribution is -2.23. The van der Waals surface area contributed by atoms with E-state index >= 15 is 0 Å². The van der Waals surface area contributed by atoms with Gasteiger partial charge >= 0.3 is 0 Å². The Balaban J connectivity index is 1.41. The van der Waals surface area contributed by atoms with E-state index in [1.54, 1.807) is 10.9 Å². The molecule has 4 aromatic rings. The second-order valence-electron chi connectivity index (χ2n) is 5.26. The maximum Gasteiger partial charge on any atom is 0.272 e. The quantitative estimate of drug-likeness (QED) is 0.537. The van der Waals surface area contributed by atoms with Gasteiger partial charge in [0.2, 0.25) is 0 Å². The lowest BCUT2D eigenvalue weighted by atomic mass is 10.2. The molecule has 0 radical (unpaired) electrons. The average Bonchev–Trinajstić information content (AvgIpc) is 3.27. The largest absolute Gasteiger partial charge is 0.345 e. The van der Waals surface area contributed by atoms with Crippen molar-refractivity contribution in [2.75, 3.05) is 0 Å². The molecule has 0 saturated heterocycles. The number of aromatic amines is 1. The third-order valence-corrected chi connectivity index (χ3v) is 3.55. The SMILES string of the molecule is O=C(NCc1cn(Cc2ncncn2)nn1)c1n[nH]c2ccccc12. The highest BCUT2D eigenvalue weighted by atomic mass is 16.1. The number of benzene rings is 1. The van der Waals surface area contributed by atoms with Gasteiger partial charge in [-0.1, -0.05) is 23.4 Å². The van der Waals surface area contributed by atoms with E-state index in [4.69, 9.17) is 0 Å².